The number of nitrogen functional groups attached to an aromatic ring is 1. The molecule has 0 radical (unpaired) electrons. The number of rotatable bonds is 3. The predicted molar refractivity (Wildman–Crippen MR) is 199 cm³/mol. The van der Waals surface area contributed by atoms with Crippen LogP contribution in [0.2, 0.25) is 0 Å². The Bertz CT molecular complexity index is 2890. The third-order valence-electron chi connectivity index (χ3n) is 10.2. The van der Waals surface area contributed by atoms with Gasteiger partial charge in [0.25, 0.3) is 0 Å². The number of benzene rings is 8. The van der Waals surface area contributed by atoms with E-state index in [1.54, 1.807) is 0 Å². The molecule has 0 fully saturated rings. The molecule has 10 aromatic rings. The molecule has 4 nitrogen and oxygen atoms in total. The molecular formula is C43H28IN4-. The number of hydrogen-bond acceptors (Lipinski definition) is 2. The number of para-hydroxylation sites is 1. The van der Waals surface area contributed by atoms with E-state index in [4.69, 9.17) is 5.73 Å². The zero-order valence-electron chi connectivity index (χ0n) is 25.8. The summed E-state index contributed by atoms with van der Waals surface area (Å²) in [6, 6.07) is 53.3. The van der Waals surface area contributed by atoms with Crippen LogP contribution in [0.3, 0.4) is 0 Å². The van der Waals surface area contributed by atoms with Crippen LogP contribution < -0.4 is 32.3 Å². The Balaban J connectivity index is 1.17. The van der Waals surface area contributed by atoms with E-state index in [0.717, 1.165) is 16.8 Å². The van der Waals surface area contributed by atoms with Crippen molar-refractivity contribution < 1.29 is 21.2 Å². The summed E-state index contributed by atoms with van der Waals surface area (Å²) in [5.41, 5.74) is 14.8. The number of halogens is 1. The van der Waals surface area contributed by atoms with Gasteiger partial charge in [0, 0.05) is 0 Å². The second-order valence-corrected chi connectivity index (χ2v) is 15.7. The second kappa shape index (κ2) is 9.75. The normalized spacial score (nSPS) is 14.6. The third kappa shape index (κ3) is 3.59. The van der Waals surface area contributed by atoms with Crippen molar-refractivity contribution in [1.29, 1.82) is 0 Å². The van der Waals surface area contributed by atoms with Crippen molar-refractivity contribution in [3.63, 3.8) is 0 Å². The average molecular weight is 728 g/mol. The van der Waals surface area contributed by atoms with Gasteiger partial charge in [-0.25, -0.2) is 0 Å². The van der Waals surface area contributed by atoms with E-state index in [0.29, 0.717) is 0 Å². The Labute approximate surface area is 286 Å². The molecule has 3 N–H and O–H groups in total. The maximum absolute atomic E-state index is 6.67. The molecule has 0 spiro atoms. The first-order valence-corrected chi connectivity index (χ1v) is 18.6. The van der Waals surface area contributed by atoms with Crippen molar-refractivity contribution in [1.82, 2.24) is 9.13 Å². The quantitative estimate of drug-likeness (QED) is 0.0846. The zero-order valence-corrected chi connectivity index (χ0v) is 27.9. The van der Waals surface area contributed by atoms with Gasteiger partial charge >= 0.3 is 288 Å². The number of fused-ring (bicyclic) bond motifs is 11. The van der Waals surface area contributed by atoms with Crippen LogP contribution in [-0.4, -0.2) is 9.13 Å². The average Bonchev–Trinajstić information content (AvgIpc) is 3.78. The number of anilines is 2. The Hall–Kier alpha value is -5.53. The molecule has 3 heterocycles. The van der Waals surface area contributed by atoms with E-state index in [1.807, 2.05) is 0 Å². The summed E-state index contributed by atoms with van der Waals surface area (Å²) in [5.74, 6) is 0. The third-order valence-corrected chi connectivity index (χ3v) is 13.1. The summed E-state index contributed by atoms with van der Waals surface area (Å²) in [7, 11) is 0. The topological polar surface area (TPSA) is 47.9 Å². The van der Waals surface area contributed by atoms with Crippen molar-refractivity contribution in [3.05, 3.63) is 149 Å². The molecule has 48 heavy (non-hydrogen) atoms. The molecule has 1 aliphatic rings. The van der Waals surface area contributed by atoms with Crippen molar-refractivity contribution in [3.8, 4) is 5.69 Å². The number of hydrogen-bond donors (Lipinski definition) is 2. The van der Waals surface area contributed by atoms with Gasteiger partial charge in [0.15, 0.2) is 0 Å². The minimum atomic E-state index is -0.452. The summed E-state index contributed by atoms with van der Waals surface area (Å²) >= 11 is -0.452. The SMILES string of the molecule is Nc1cc2ccccc2cc1NC1[I-]c2cc(-n3c4ccc5ccccc5c4c4c5ccccc5ccc43)cc3c4ccccc4n1c23. The monoisotopic (exact) mass is 727 g/mol. The summed E-state index contributed by atoms with van der Waals surface area (Å²) in [6.07, 6.45) is 0. The van der Waals surface area contributed by atoms with Crippen LogP contribution >= 0.6 is 0 Å². The standard InChI is InChI=1S/C43H28IN4/c45-35-21-27-11-1-2-12-28(27)22-36(35)46-43-44-34-24-29(23-33-32-15-7-8-16-37(32)48(43)42(33)34)47-38-19-17-25-9-3-5-13-30(25)40(38)41-31-14-6-4-10-26(31)18-20-39(41)47/h1-24,43,46H,45H2/q-1. The van der Waals surface area contributed by atoms with Crippen molar-refractivity contribution in [2.75, 3.05) is 11.1 Å². The molecule has 1 aliphatic heterocycles. The molecule has 0 saturated carbocycles. The van der Waals surface area contributed by atoms with Crippen LogP contribution in [0.25, 0.3) is 81.6 Å². The van der Waals surface area contributed by atoms with Crippen LogP contribution in [-0.2, 0) is 0 Å². The molecular weight excluding hydrogens is 699 g/mol. The molecule has 1 atom stereocenters. The van der Waals surface area contributed by atoms with Gasteiger partial charge in [-0.1, -0.05) is 0 Å². The maximum atomic E-state index is 6.67. The molecule has 1 unspecified atom stereocenters. The second-order valence-electron chi connectivity index (χ2n) is 12.8. The summed E-state index contributed by atoms with van der Waals surface area (Å²) in [6.45, 7) is 0. The molecule has 8 aromatic carbocycles. The molecule has 11 rings (SSSR count). The van der Waals surface area contributed by atoms with Gasteiger partial charge in [0.2, 0.25) is 0 Å². The van der Waals surface area contributed by atoms with Crippen molar-refractivity contribution >= 4 is 87.3 Å². The van der Waals surface area contributed by atoms with Gasteiger partial charge < -0.3 is 0 Å². The first-order chi connectivity index (χ1) is 23.7. The Kier molecular flexibility index (Phi) is 5.39. The molecule has 0 aliphatic carbocycles. The van der Waals surface area contributed by atoms with Crippen molar-refractivity contribution in [2.45, 2.75) is 4.17 Å². The van der Waals surface area contributed by atoms with E-state index in [2.05, 4.69) is 160 Å². The van der Waals surface area contributed by atoms with E-state index in [1.165, 1.54) is 79.8 Å². The summed E-state index contributed by atoms with van der Waals surface area (Å²) in [5, 5.41) is 16.6. The van der Waals surface area contributed by atoms with E-state index < -0.39 is 21.2 Å². The van der Waals surface area contributed by atoms with Crippen LogP contribution in [0.5, 0.6) is 0 Å². The van der Waals surface area contributed by atoms with Gasteiger partial charge in [-0.05, 0) is 0 Å². The Morgan fingerprint density at radius 3 is 1.79 bits per heavy atom. The number of aromatic nitrogens is 2. The zero-order chi connectivity index (χ0) is 31.5. The summed E-state index contributed by atoms with van der Waals surface area (Å²) < 4.78 is 6.65. The number of alkyl halides is 1. The number of nitrogens with one attached hydrogen (secondary N) is 1. The molecule has 0 saturated heterocycles. The van der Waals surface area contributed by atoms with Gasteiger partial charge in [0.1, 0.15) is 0 Å². The van der Waals surface area contributed by atoms with Crippen LogP contribution in [0.4, 0.5) is 11.4 Å². The van der Waals surface area contributed by atoms with Gasteiger partial charge in [-0.15, -0.1) is 0 Å². The van der Waals surface area contributed by atoms with Gasteiger partial charge in [-0.3, -0.25) is 0 Å². The van der Waals surface area contributed by atoms with E-state index >= 15 is 0 Å². The Morgan fingerprint density at radius 2 is 1.10 bits per heavy atom. The fraction of sp³-hybridized carbons (Fsp3) is 0.0233. The van der Waals surface area contributed by atoms with E-state index in [9.17, 15) is 0 Å². The van der Waals surface area contributed by atoms with Gasteiger partial charge in [-0.2, -0.15) is 0 Å². The van der Waals surface area contributed by atoms with Crippen LogP contribution in [0, 0.1) is 3.57 Å². The molecule has 2 aromatic heterocycles. The van der Waals surface area contributed by atoms with E-state index in [-0.39, 0.29) is 4.17 Å². The van der Waals surface area contributed by atoms with Crippen molar-refractivity contribution in [2.24, 2.45) is 0 Å². The number of nitrogens with zero attached hydrogens (tertiary/aromatic N) is 2. The first-order valence-electron chi connectivity index (χ1n) is 16.3. The molecule has 0 bridgehead atoms. The number of nitrogens with two attached hydrogens (primary N) is 1. The molecule has 5 heteroatoms. The van der Waals surface area contributed by atoms with Crippen LogP contribution in [0.1, 0.15) is 4.17 Å². The first kappa shape index (κ1) is 26.5. The summed E-state index contributed by atoms with van der Waals surface area (Å²) in [4.78, 5) is 0. The molecule has 228 valence electrons. The van der Waals surface area contributed by atoms with Gasteiger partial charge in [0.05, 0.1) is 0 Å². The fourth-order valence-corrected chi connectivity index (χ4v) is 11.4. The molecule has 0 amide bonds. The van der Waals surface area contributed by atoms with Crippen LogP contribution in [0.15, 0.2) is 146 Å². The fourth-order valence-electron chi connectivity index (χ4n) is 8.10. The Morgan fingerprint density at radius 1 is 0.521 bits per heavy atom. The minimum absolute atomic E-state index is 0.144. The predicted octanol–water partition coefficient (Wildman–Crippen LogP) is 7.77.